The molecule has 0 saturated heterocycles. The Morgan fingerprint density at radius 1 is 1.15 bits per heavy atom. The number of nitrogens with one attached hydrogen (secondary N) is 2. The fourth-order valence-corrected chi connectivity index (χ4v) is 1.69. The molecule has 0 aliphatic heterocycles. The van der Waals surface area contributed by atoms with Crippen LogP contribution in [-0.2, 0) is 11.2 Å². The predicted octanol–water partition coefficient (Wildman–Crippen LogP) is 1.71. The zero-order valence-electron chi connectivity index (χ0n) is 11.9. The lowest BCUT2D eigenvalue weighted by molar-refractivity contribution is 0.152. The average Bonchev–Trinajstić information content (AvgIpc) is 2.40. The van der Waals surface area contributed by atoms with Crippen molar-refractivity contribution in [3.05, 3.63) is 35.4 Å². The van der Waals surface area contributed by atoms with E-state index in [1.165, 1.54) is 12.1 Å². The van der Waals surface area contributed by atoms with Crippen molar-refractivity contribution in [3.8, 4) is 0 Å². The number of aliphatic imine (C=N–C) groups is 1. The highest BCUT2D eigenvalue weighted by Crippen LogP contribution is 2.07. The van der Waals surface area contributed by atoms with Gasteiger partial charge in [0, 0.05) is 32.8 Å². The summed E-state index contributed by atoms with van der Waals surface area (Å²) in [5, 5.41) is 6.15. The summed E-state index contributed by atoms with van der Waals surface area (Å²) >= 11 is 0. The molecule has 0 spiro atoms. The van der Waals surface area contributed by atoms with Gasteiger partial charge in [-0.05, 0) is 31.0 Å². The minimum atomic E-state index is -0.556. The first-order valence-corrected chi connectivity index (χ1v) is 6.63. The van der Waals surface area contributed by atoms with Crippen molar-refractivity contribution >= 4 is 5.96 Å². The first kappa shape index (κ1) is 16.4. The van der Waals surface area contributed by atoms with Crippen LogP contribution in [0.25, 0.3) is 0 Å². The molecule has 0 aromatic heterocycles. The molecule has 0 aliphatic carbocycles. The van der Waals surface area contributed by atoms with Gasteiger partial charge in [0.05, 0.1) is 6.61 Å². The van der Waals surface area contributed by atoms with Crippen LogP contribution in [0, 0.1) is 11.6 Å². The zero-order valence-corrected chi connectivity index (χ0v) is 11.9. The summed E-state index contributed by atoms with van der Waals surface area (Å²) < 4.78 is 31.2. The highest BCUT2D eigenvalue weighted by molar-refractivity contribution is 5.79. The molecule has 0 atom stereocenters. The third kappa shape index (κ3) is 6.47. The Morgan fingerprint density at radius 3 is 2.40 bits per heavy atom. The van der Waals surface area contributed by atoms with Gasteiger partial charge in [-0.2, -0.15) is 0 Å². The van der Waals surface area contributed by atoms with Crippen molar-refractivity contribution < 1.29 is 13.5 Å². The van der Waals surface area contributed by atoms with Crippen molar-refractivity contribution in [1.29, 1.82) is 0 Å². The molecule has 2 N–H and O–H groups in total. The third-order valence-corrected chi connectivity index (χ3v) is 2.60. The number of nitrogens with zero attached hydrogens (tertiary/aromatic N) is 1. The van der Waals surface area contributed by atoms with Crippen molar-refractivity contribution in [2.24, 2.45) is 4.99 Å². The van der Waals surface area contributed by atoms with Gasteiger partial charge < -0.3 is 15.4 Å². The average molecular weight is 285 g/mol. The van der Waals surface area contributed by atoms with Gasteiger partial charge in [0.15, 0.2) is 5.96 Å². The van der Waals surface area contributed by atoms with Crippen LogP contribution in [0.5, 0.6) is 0 Å². The minimum absolute atomic E-state index is 0.515. The topological polar surface area (TPSA) is 45.6 Å². The molecule has 4 nitrogen and oxygen atoms in total. The maximum Gasteiger partial charge on any atom is 0.191 e. The van der Waals surface area contributed by atoms with Crippen molar-refractivity contribution in [2.75, 3.05) is 33.4 Å². The van der Waals surface area contributed by atoms with Gasteiger partial charge in [-0.3, -0.25) is 4.99 Å². The van der Waals surface area contributed by atoms with Crippen LogP contribution in [0.4, 0.5) is 8.78 Å². The van der Waals surface area contributed by atoms with Crippen LogP contribution in [0.15, 0.2) is 23.2 Å². The van der Waals surface area contributed by atoms with Gasteiger partial charge in [0.25, 0.3) is 0 Å². The van der Waals surface area contributed by atoms with E-state index >= 15 is 0 Å². The normalized spacial score (nSPS) is 11.5. The lowest BCUT2D eigenvalue weighted by Crippen LogP contribution is -2.39. The molecule has 0 aliphatic rings. The van der Waals surface area contributed by atoms with E-state index in [0.29, 0.717) is 44.2 Å². The van der Waals surface area contributed by atoms with Crippen molar-refractivity contribution in [3.63, 3.8) is 0 Å². The summed E-state index contributed by atoms with van der Waals surface area (Å²) in [5.74, 6) is -0.472. The van der Waals surface area contributed by atoms with Gasteiger partial charge in [-0.15, -0.1) is 0 Å². The van der Waals surface area contributed by atoms with E-state index < -0.39 is 11.6 Å². The Hall–Kier alpha value is -1.69. The van der Waals surface area contributed by atoms with E-state index in [4.69, 9.17) is 4.74 Å². The van der Waals surface area contributed by atoms with E-state index in [2.05, 4.69) is 15.6 Å². The van der Waals surface area contributed by atoms with Gasteiger partial charge in [-0.25, -0.2) is 8.78 Å². The molecule has 0 heterocycles. The van der Waals surface area contributed by atoms with Crippen molar-refractivity contribution in [1.82, 2.24) is 10.6 Å². The number of rotatable bonds is 7. The second-order valence-electron chi connectivity index (χ2n) is 4.15. The maximum atomic E-state index is 13.0. The molecule has 6 heteroatoms. The number of halogens is 2. The number of guanidine groups is 1. The Bertz CT molecular complexity index is 418. The molecular formula is C14H21F2N3O. The van der Waals surface area contributed by atoms with Gasteiger partial charge in [0.1, 0.15) is 11.6 Å². The molecule has 0 fully saturated rings. The predicted molar refractivity (Wildman–Crippen MR) is 75.9 cm³/mol. The second-order valence-corrected chi connectivity index (χ2v) is 4.15. The first-order chi connectivity index (χ1) is 9.65. The van der Waals surface area contributed by atoms with E-state index in [1.54, 1.807) is 7.05 Å². The fourth-order valence-electron chi connectivity index (χ4n) is 1.69. The Morgan fingerprint density at radius 2 is 1.80 bits per heavy atom. The molecule has 0 bridgehead atoms. The van der Waals surface area contributed by atoms with E-state index in [-0.39, 0.29) is 0 Å². The van der Waals surface area contributed by atoms with Gasteiger partial charge in [0.2, 0.25) is 0 Å². The van der Waals surface area contributed by atoms with Crippen LogP contribution in [0.1, 0.15) is 12.5 Å². The Balaban J connectivity index is 2.30. The summed E-state index contributed by atoms with van der Waals surface area (Å²) in [6.45, 7) is 4.41. The molecule has 20 heavy (non-hydrogen) atoms. The van der Waals surface area contributed by atoms with Crippen LogP contribution in [0.2, 0.25) is 0 Å². The first-order valence-electron chi connectivity index (χ1n) is 6.63. The Labute approximate surface area is 118 Å². The standard InChI is InChI=1S/C14H21F2N3O/c1-3-20-7-6-19-14(17-2)18-5-4-11-8-12(15)10-13(16)9-11/h8-10H,3-7H2,1-2H3,(H2,17,18,19). The number of hydrogen-bond acceptors (Lipinski definition) is 2. The highest BCUT2D eigenvalue weighted by atomic mass is 19.1. The van der Waals surface area contributed by atoms with Crippen LogP contribution in [-0.4, -0.2) is 39.3 Å². The summed E-state index contributed by atoms with van der Waals surface area (Å²) in [5.41, 5.74) is 0.611. The number of benzene rings is 1. The van der Waals surface area contributed by atoms with Crippen LogP contribution >= 0.6 is 0 Å². The van der Waals surface area contributed by atoms with Gasteiger partial charge >= 0.3 is 0 Å². The number of ether oxygens (including phenoxy) is 1. The molecule has 0 radical (unpaired) electrons. The second kappa shape index (κ2) is 9.25. The molecule has 0 saturated carbocycles. The largest absolute Gasteiger partial charge is 0.380 e. The molecule has 1 rings (SSSR count). The molecule has 0 amide bonds. The third-order valence-electron chi connectivity index (χ3n) is 2.60. The summed E-state index contributed by atoms with van der Waals surface area (Å²) in [6.07, 6.45) is 0.515. The summed E-state index contributed by atoms with van der Waals surface area (Å²) in [4.78, 5) is 4.04. The van der Waals surface area contributed by atoms with Crippen LogP contribution in [0.3, 0.4) is 0 Å². The van der Waals surface area contributed by atoms with Crippen LogP contribution < -0.4 is 10.6 Å². The van der Waals surface area contributed by atoms with Gasteiger partial charge in [-0.1, -0.05) is 0 Å². The monoisotopic (exact) mass is 285 g/mol. The maximum absolute atomic E-state index is 13.0. The minimum Gasteiger partial charge on any atom is -0.380 e. The van der Waals surface area contributed by atoms with E-state index in [1.807, 2.05) is 6.92 Å². The quantitative estimate of drug-likeness (QED) is 0.455. The molecule has 1 aromatic carbocycles. The number of hydrogen-bond donors (Lipinski definition) is 2. The van der Waals surface area contributed by atoms with E-state index in [9.17, 15) is 8.78 Å². The zero-order chi connectivity index (χ0) is 14.8. The van der Waals surface area contributed by atoms with E-state index in [0.717, 1.165) is 6.07 Å². The molecular weight excluding hydrogens is 264 g/mol. The van der Waals surface area contributed by atoms with Crippen molar-refractivity contribution in [2.45, 2.75) is 13.3 Å². The molecule has 0 unspecified atom stereocenters. The molecule has 112 valence electrons. The molecule has 1 aromatic rings. The SMILES string of the molecule is CCOCCNC(=NC)NCCc1cc(F)cc(F)c1. The summed E-state index contributed by atoms with van der Waals surface area (Å²) in [7, 11) is 1.66. The highest BCUT2D eigenvalue weighted by Gasteiger charge is 2.01. The Kier molecular flexibility index (Phi) is 7.57. The summed E-state index contributed by atoms with van der Waals surface area (Å²) in [6, 6.07) is 3.53. The smallest absolute Gasteiger partial charge is 0.191 e. The lowest BCUT2D eigenvalue weighted by atomic mass is 10.1. The fraction of sp³-hybridized carbons (Fsp3) is 0.500. The lowest BCUT2D eigenvalue weighted by Gasteiger charge is -2.11.